The summed E-state index contributed by atoms with van der Waals surface area (Å²) in [7, 11) is 2.72. The van der Waals surface area contributed by atoms with Crippen molar-refractivity contribution in [2.24, 2.45) is 11.8 Å². The molecule has 3 heterocycles. The number of hydrogen-bond acceptors (Lipinski definition) is 8. The predicted octanol–water partition coefficient (Wildman–Crippen LogP) is 0.650. The van der Waals surface area contributed by atoms with Crippen molar-refractivity contribution in [2.75, 3.05) is 20.0 Å². The molecule has 0 saturated carbocycles. The first-order chi connectivity index (χ1) is 10.6. The van der Waals surface area contributed by atoms with E-state index < -0.39 is 11.8 Å². The molecule has 22 heavy (non-hydrogen) atoms. The summed E-state index contributed by atoms with van der Waals surface area (Å²) in [4.78, 5) is 31.6. The van der Waals surface area contributed by atoms with Gasteiger partial charge in [0.15, 0.2) is 5.13 Å². The summed E-state index contributed by atoms with van der Waals surface area (Å²) in [6.45, 7) is 0.644. The molecule has 7 nitrogen and oxygen atoms in total. The second-order valence-electron chi connectivity index (χ2n) is 5.65. The molecule has 120 valence electrons. The maximum absolute atomic E-state index is 12.2. The van der Waals surface area contributed by atoms with Gasteiger partial charge >= 0.3 is 11.9 Å². The van der Waals surface area contributed by atoms with E-state index in [-0.39, 0.29) is 24.0 Å². The molecule has 0 spiro atoms. The minimum Gasteiger partial charge on any atom is -0.469 e. The average Bonchev–Trinajstić information content (AvgIpc) is 3.19. The van der Waals surface area contributed by atoms with E-state index >= 15 is 0 Å². The van der Waals surface area contributed by atoms with Gasteiger partial charge in [-0.3, -0.25) is 14.5 Å². The summed E-state index contributed by atoms with van der Waals surface area (Å²) in [6, 6.07) is 0.00903. The Hall–Kier alpha value is -1.67. The Bertz CT molecular complexity index is 560. The van der Waals surface area contributed by atoms with Crippen LogP contribution in [0.15, 0.2) is 6.20 Å². The van der Waals surface area contributed by atoms with E-state index in [4.69, 9.17) is 15.2 Å². The zero-order valence-corrected chi connectivity index (χ0v) is 13.3. The Morgan fingerprint density at radius 1 is 1.27 bits per heavy atom. The van der Waals surface area contributed by atoms with E-state index in [1.165, 1.54) is 25.6 Å². The van der Waals surface area contributed by atoms with Crippen LogP contribution >= 0.6 is 11.3 Å². The van der Waals surface area contributed by atoms with Crippen LogP contribution < -0.4 is 5.73 Å². The fourth-order valence-corrected chi connectivity index (χ4v) is 4.55. The van der Waals surface area contributed by atoms with Gasteiger partial charge in [-0.2, -0.15) is 0 Å². The zero-order valence-electron chi connectivity index (χ0n) is 12.5. The molecule has 1 aromatic heterocycles. The fourth-order valence-electron chi connectivity index (χ4n) is 3.86. The van der Waals surface area contributed by atoms with Crippen LogP contribution in [-0.4, -0.2) is 48.1 Å². The third-order valence-corrected chi connectivity index (χ3v) is 5.49. The highest BCUT2D eigenvalue weighted by Gasteiger charge is 2.59. The van der Waals surface area contributed by atoms with Gasteiger partial charge in [-0.1, -0.05) is 0 Å². The molecule has 0 radical (unpaired) electrons. The molecule has 4 atom stereocenters. The molecule has 2 N–H and O–H groups in total. The Balaban J connectivity index is 1.86. The number of nitrogen functional groups attached to an aromatic ring is 1. The number of anilines is 1. The van der Waals surface area contributed by atoms with Crippen molar-refractivity contribution in [1.82, 2.24) is 9.88 Å². The van der Waals surface area contributed by atoms with Crippen LogP contribution in [0, 0.1) is 11.8 Å². The van der Waals surface area contributed by atoms with Gasteiger partial charge in [-0.05, 0) is 12.8 Å². The fraction of sp³-hybridized carbons (Fsp3) is 0.643. The van der Waals surface area contributed by atoms with Gasteiger partial charge in [-0.25, -0.2) is 4.98 Å². The van der Waals surface area contributed by atoms with Crippen molar-refractivity contribution in [2.45, 2.75) is 31.5 Å². The maximum atomic E-state index is 12.2. The smallest absolute Gasteiger partial charge is 0.311 e. The Morgan fingerprint density at radius 2 is 1.82 bits per heavy atom. The highest BCUT2D eigenvalue weighted by Crippen LogP contribution is 2.47. The largest absolute Gasteiger partial charge is 0.469 e. The van der Waals surface area contributed by atoms with Crippen molar-refractivity contribution in [3.63, 3.8) is 0 Å². The van der Waals surface area contributed by atoms with Crippen LogP contribution in [0.1, 0.15) is 17.7 Å². The standard InChI is InChI=1S/C14H19N3O4S/c1-20-12(18)10-8-3-4-9(11(10)13(19)21-2)17(8)6-7-5-16-14(15)22-7/h5,8-11H,3-4,6H2,1-2H3,(H2,15,16). The normalized spacial score (nSPS) is 30.5. The highest BCUT2D eigenvalue weighted by molar-refractivity contribution is 7.15. The van der Waals surface area contributed by atoms with Crippen molar-refractivity contribution in [3.05, 3.63) is 11.1 Å². The van der Waals surface area contributed by atoms with Crippen molar-refractivity contribution in [3.8, 4) is 0 Å². The summed E-state index contributed by atoms with van der Waals surface area (Å²) in [5.74, 6) is -1.59. The van der Waals surface area contributed by atoms with Gasteiger partial charge in [-0.15, -0.1) is 11.3 Å². The Kier molecular flexibility index (Phi) is 4.05. The summed E-state index contributed by atoms with van der Waals surface area (Å²) in [5.41, 5.74) is 5.67. The van der Waals surface area contributed by atoms with E-state index in [1.807, 2.05) is 0 Å². The first-order valence-corrected chi connectivity index (χ1v) is 8.00. The van der Waals surface area contributed by atoms with Crippen LogP contribution in [0.5, 0.6) is 0 Å². The number of methoxy groups -OCH3 is 2. The molecule has 4 unspecified atom stereocenters. The molecule has 0 aliphatic carbocycles. The molecule has 8 heteroatoms. The van der Waals surface area contributed by atoms with E-state index in [0.29, 0.717) is 11.7 Å². The molecule has 2 aliphatic rings. The zero-order chi connectivity index (χ0) is 15.9. The monoisotopic (exact) mass is 325 g/mol. The number of aromatic nitrogens is 1. The summed E-state index contributed by atoms with van der Waals surface area (Å²) >= 11 is 1.43. The third-order valence-electron chi connectivity index (χ3n) is 4.68. The molecule has 1 aromatic rings. The number of carbonyl (C=O) groups is 2. The van der Waals surface area contributed by atoms with Gasteiger partial charge in [0.05, 0.1) is 26.1 Å². The van der Waals surface area contributed by atoms with Crippen LogP contribution in [0.3, 0.4) is 0 Å². The minimum atomic E-state index is -0.457. The van der Waals surface area contributed by atoms with Crippen molar-refractivity contribution < 1.29 is 19.1 Å². The summed E-state index contributed by atoms with van der Waals surface area (Å²) in [6.07, 6.45) is 3.51. The topological polar surface area (TPSA) is 94.8 Å². The number of nitrogens with zero attached hydrogens (tertiary/aromatic N) is 2. The van der Waals surface area contributed by atoms with Crippen LogP contribution in [0.4, 0.5) is 5.13 Å². The van der Waals surface area contributed by atoms with Crippen molar-refractivity contribution >= 4 is 28.4 Å². The molecule has 2 fully saturated rings. The highest BCUT2D eigenvalue weighted by atomic mass is 32.1. The van der Waals surface area contributed by atoms with E-state index in [0.717, 1.165) is 17.7 Å². The number of carbonyl (C=O) groups excluding carboxylic acids is 2. The second-order valence-corrected chi connectivity index (χ2v) is 6.79. The van der Waals surface area contributed by atoms with Gasteiger partial charge in [0, 0.05) is 29.7 Å². The van der Waals surface area contributed by atoms with Gasteiger partial charge in [0.2, 0.25) is 0 Å². The van der Waals surface area contributed by atoms with Crippen LogP contribution in [0.25, 0.3) is 0 Å². The second kappa shape index (κ2) is 5.85. The van der Waals surface area contributed by atoms with E-state index in [1.54, 1.807) is 6.20 Å². The number of esters is 2. The number of ether oxygens (including phenoxy) is 2. The minimum absolute atomic E-state index is 0.00451. The van der Waals surface area contributed by atoms with Crippen LogP contribution in [0.2, 0.25) is 0 Å². The quantitative estimate of drug-likeness (QED) is 0.812. The average molecular weight is 325 g/mol. The molecule has 3 rings (SSSR count). The number of rotatable bonds is 4. The lowest BCUT2D eigenvalue weighted by atomic mass is 9.79. The molecule has 2 bridgehead atoms. The number of nitrogens with two attached hydrogens (primary N) is 1. The first kappa shape index (κ1) is 15.2. The molecule has 2 saturated heterocycles. The molecular formula is C14H19N3O4S. The third kappa shape index (κ3) is 2.36. The van der Waals surface area contributed by atoms with Gasteiger partial charge in [0.25, 0.3) is 0 Å². The SMILES string of the molecule is COC(=O)C1C(C(=O)OC)C2CCC1N2Cc1cnc(N)s1. The first-order valence-electron chi connectivity index (χ1n) is 7.18. The lowest BCUT2D eigenvalue weighted by Gasteiger charge is -2.24. The van der Waals surface area contributed by atoms with Gasteiger partial charge < -0.3 is 15.2 Å². The Labute approximate surface area is 132 Å². The Morgan fingerprint density at radius 3 is 2.23 bits per heavy atom. The number of hydrogen-bond donors (Lipinski definition) is 1. The molecule has 0 amide bonds. The molecule has 2 aliphatic heterocycles. The predicted molar refractivity (Wildman–Crippen MR) is 79.9 cm³/mol. The number of fused-ring (bicyclic) bond motifs is 2. The molecular weight excluding hydrogens is 306 g/mol. The lowest BCUT2D eigenvalue weighted by Crippen LogP contribution is -2.39. The summed E-state index contributed by atoms with van der Waals surface area (Å²) in [5, 5.41) is 0.524. The molecule has 0 aromatic carbocycles. The van der Waals surface area contributed by atoms with E-state index in [2.05, 4.69) is 9.88 Å². The van der Waals surface area contributed by atoms with E-state index in [9.17, 15) is 9.59 Å². The van der Waals surface area contributed by atoms with Gasteiger partial charge in [0.1, 0.15) is 0 Å². The summed E-state index contributed by atoms with van der Waals surface area (Å²) < 4.78 is 9.82. The lowest BCUT2D eigenvalue weighted by molar-refractivity contribution is -0.157. The van der Waals surface area contributed by atoms with Crippen molar-refractivity contribution in [1.29, 1.82) is 0 Å². The maximum Gasteiger partial charge on any atom is 0.311 e. The number of thiazole rings is 1. The van der Waals surface area contributed by atoms with Crippen LogP contribution in [-0.2, 0) is 25.6 Å².